The molecule has 0 aliphatic heterocycles. The smallest absolute Gasteiger partial charge is 0.124 e. The summed E-state index contributed by atoms with van der Waals surface area (Å²) in [5.41, 5.74) is 1.95. The molecule has 0 fully saturated rings. The summed E-state index contributed by atoms with van der Waals surface area (Å²) in [6.45, 7) is 0.596. The number of hydrogen-bond acceptors (Lipinski definition) is 3. The zero-order chi connectivity index (χ0) is 13.0. The number of ether oxygens (including phenoxy) is 1. The van der Waals surface area contributed by atoms with Crippen molar-refractivity contribution in [1.29, 1.82) is 0 Å². The number of methoxy groups -OCH3 is 1. The molecule has 1 aromatic carbocycles. The second-order valence-electron chi connectivity index (χ2n) is 3.80. The van der Waals surface area contributed by atoms with Crippen LogP contribution in [0.5, 0.6) is 5.75 Å². The van der Waals surface area contributed by atoms with Crippen LogP contribution in [-0.4, -0.2) is 27.4 Å². The molecule has 0 spiro atoms. The van der Waals surface area contributed by atoms with Gasteiger partial charge in [0.05, 0.1) is 19.3 Å². The van der Waals surface area contributed by atoms with Gasteiger partial charge in [0.25, 0.3) is 0 Å². The van der Waals surface area contributed by atoms with Gasteiger partial charge in [-0.05, 0) is 18.2 Å². The lowest BCUT2D eigenvalue weighted by molar-refractivity contribution is 0.407. The van der Waals surface area contributed by atoms with Gasteiger partial charge >= 0.3 is 0 Å². The molecule has 2 rings (SSSR count). The lowest BCUT2D eigenvalue weighted by Gasteiger charge is -2.08. The van der Waals surface area contributed by atoms with E-state index in [2.05, 4.69) is 26.2 Å². The summed E-state index contributed by atoms with van der Waals surface area (Å²) < 4.78 is 7.08. The maximum atomic E-state index is 5.99. The highest BCUT2D eigenvalue weighted by atomic mass is 79.9. The maximum absolute atomic E-state index is 5.99. The van der Waals surface area contributed by atoms with Crippen LogP contribution in [0, 0.1) is 0 Å². The van der Waals surface area contributed by atoms with Crippen LogP contribution in [0.1, 0.15) is 11.3 Å². The molecule has 0 N–H and O–H groups in total. The summed E-state index contributed by atoms with van der Waals surface area (Å²) in [6, 6.07) is 5.54. The van der Waals surface area contributed by atoms with Crippen LogP contribution in [0.25, 0.3) is 0 Å². The highest BCUT2D eigenvalue weighted by Gasteiger charge is 2.06. The first-order valence-electron chi connectivity index (χ1n) is 5.50. The average molecular weight is 331 g/mol. The number of rotatable bonds is 5. The molecule has 0 aliphatic rings. The second-order valence-corrected chi connectivity index (χ2v) is 5.03. The zero-order valence-corrected chi connectivity index (χ0v) is 12.3. The molecular formula is C12H13BrClN3O. The highest BCUT2D eigenvalue weighted by molar-refractivity contribution is 9.09. The van der Waals surface area contributed by atoms with Crippen molar-refractivity contribution >= 4 is 27.5 Å². The zero-order valence-electron chi connectivity index (χ0n) is 9.94. The third kappa shape index (κ3) is 3.23. The van der Waals surface area contributed by atoms with E-state index in [4.69, 9.17) is 16.3 Å². The van der Waals surface area contributed by atoms with Gasteiger partial charge in [0.15, 0.2) is 0 Å². The number of alkyl halides is 1. The van der Waals surface area contributed by atoms with Crippen LogP contribution in [0.2, 0.25) is 5.02 Å². The lowest BCUT2D eigenvalue weighted by atomic mass is 10.2. The van der Waals surface area contributed by atoms with E-state index in [1.54, 1.807) is 11.8 Å². The van der Waals surface area contributed by atoms with Crippen LogP contribution in [0.15, 0.2) is 24.4 Å². The molecule has 1 heterocycles. The molecule has 0 saturated carbocycles. The van der Waals surface area contributed by atoms with Gasteiger partial charge in [-0.2, -0.15) is 0 Å². The Morgan fingerprint density at radius 2 is 2.28 bits per heavy atom. The fourth-order valence-electron chi connectivity index (χ4n) is 1.67. The fraction of sp³-hybridized carbons (Fsp3) is 0.333. The minimum absolute atomic E-state index is 0.596. The third-order valence-electron chi connectivity index (χ3n) is 2.51. The van der Waals surface area contributed by atoms with E-state index in [-0.39, 0.29) is 0 Å². The van der Waals surface area contributed by atoms with E-state index >= 15 is 0 Å². The number of aryl methyl sites for hydroxylation is 1. The Hall–Kier alpha value is -1.07. The molecule has 96 valence electrons. The number of aromatic nitrogens is 3. The molecule has 0 saturated heterocycles. The molecule has 4 nitrogen and oxygen atoms in total. The Balaban J connectivity index is 2.19. The fourth-order valence-corrected chi connectivity index (χ4v) is 2.27. The van der Waals surface area contributed by atoms with Crippen molar-refractivity contribution in [3.8, 4) is 5.75 Å². The van der Waals surface area contributed by atoms with Crippen molar-refractivity contribution in [3.63, 3.8) is 0 Å². The Bertz CT molecular complexity index is 530. The number of halogens is 2. The van der Waals surface area contributed by atoms with Crippen molar-refractivity contribution < 1.29 is 4.74 Å². The number of benzene rings is 1. The van der Waals surface area contributed by atoms with Gasteiger partial charge in [0.1, 0.15) is 5.75 Å². The van der Waals surface area contributed by atoms with Gasteiger partial charge in [-0.25, -0.2) is 4.68 Å². The van der Waals surface area contributed by atoms with E-state index < -0.39 is 0 Å². The molecule has 0 atom stereocenters. The van der Waals surface area contributed by atoms with Crippen LogP contribution >= 0.6 is 27.5 Å². The lowest BCUT2D eigenvalue weighted by Crippen LogP contribution is -2.02. The van der Waals surface area contributed by atoms with E-state index in [9.17, 15) is 0 Å². The number of hydrogen-bond donors (Lipinski definition) is 0. The van der Waals surface area contributed by atoms with Crippen LogP contribution in [0.3, 0.4) is 0 Å². The van der Waals surface area contributed by atoms with E-state index in [1.807, 2.05) is 24.4 Å². The quantitative estimate of drug-likeness (QED) is 0.791. The SMILES string of the molecule is COc1ccc(Cl)cc1Cn1cc(CCBr)nn1. The standard InChI is InChI=1S/C12H13BrClN3O/c1-18-12-3-2-10(14)6-9(12)7-17-8-11(4-5-13)15-16-17/h2-3,6,8H,4-5,7H2,1H3. The third-order valence-corrected chi connectivity index (χ3v) is 3.14. The predicted octanol–water partition coefficient (Wildman–Crippen LogP) is 2.93. The molecule has 0 aliphatic carbocycles. The van der Waals surface area contributed by atoms with Crippen molar-refractivity contribution in [2.75, 3.05) is 12.4 Å². The molecule has 18 heavy (non-hydrogen) atoms. The predicted molar refractivity (Wildman–Crippen MR) is 74.6 cm³/mol. The van der Waals surface area contributed by atoms with E-state index in [1.165, 1.54) is 0 Å². The van der Waals surface area contributed by atoms with Gasteiger partial charge in [0.2, 0.25) is 0 Å². The van der Waals surface area contributed by atoms with E-state index in [0.29, 0.717) is 11.6 Å². The maximum Gasteiger partial charge on any atom is 0.124 e. The normalized spacial score (nSPS) is 10.6. The summed E-state index contributed by atoms with van der Waals surface area (Å²) in [5, 5.41) is 9.74. The molecule has 0 bridgehead atoms. The van der Waals surface area contributed by atoms with Gasteiger partial charge in [-0.1, -0.05) is 32.7 Å². The second kappa shape index (κ2) is 6.20. The summed E-state index contributed by atoms with van der Waals surface area (Å²) in [6.07, 6.45) is 2.80. The highest BCUT2D eigenvalue weighted by Crippen LogP contribution is 2.23. The Labute approximate surface area is 119 Å². The van der Waals surface area contributed by atoms with E-state index in [0.717, 1.165) is 28.8 Å². The molecule has 2 aromatic rings. The molecule has 1 aromatic heterocycles. The Morgan fingerprint density at radius 1 is 1.44 bits per heavy atom. The largest absolute Gasteiger partial charge is 0.496 e. The monoisotopic (exact) mass is 329 g/mol. The van der Waals surface area contributed by atoms with Gasteiger partial charge in [0, 0.05) is 28.5 Å². The van der Waals surface area contributed by atoms with Crippen LogP contribution in [-0.2, 0) is 13.0 Å². The van der Waals surface area contributed by atoms with Crippen molar-refractivity contribution in [1.82, 2.24) is 15.0 Å². The average Bonchev–Trinajstić information content (AvgIpc) is 2.77. The summed E-state index contributed by atoms with van der Waals surface area (Å²) in [4.78, 5) is 0. The molecular weight excluding hydrogens is 318 g/mol. The summed E-state index contributed by atoms with van der Waals surface area (Å²) >= 11 is 9.37. The van der Waals surface area contributed by atoms with Gasteiger partial charge in [-0.15, -0.1) is 5.10 Å². The van der Waals surface area contributed by atoms with Gasteiger partial charge in [-0.3, -0.25) is 0 Å². The van der Waals surface area contributed by atoms with Crippen LogP contribution < -0.4 is 4.74 Å². The molecule has 6 heteroatoms. The minimum atomic E-state index is 0.596. The van der Waals surface area contributed by atoms with Crippen molar-refractivity contribution in [2.24, 2.45) is 0 Å². The first-order valence-corrected chi connectivity index (χ1v) is 7.00. The number of nitrogens with zero attached hydrogens (tertiary/aromatic N) is 3. The Kier molecular flexibility index (Phi) is 4.60. The topological polar surface area (TPSA) is 39.9 Å². The molecule has 0 amide bonds. The summed E-state index contributed by atoms with van der Waals surface area (Å²) in [5.74, 6) is 0.803. The van der Waals surface area contributed by atoms with Crippen molar-refractivity contribution in [3.05, 3.63) is 40.7 Å². The molecule has 0 unspecified atom stereocenters. The Morgan fingerprint density at radius 3 is 3.00 bits per heavy atom. The first kappa shape index (κ1) is 13.4. The molecule has 0 radical (unpaired) electrons. The first-order chi connectivity index (χ1) is 8.72. The van der Waals surface area contributed by atoms with Gasteiger partial charge < -0.3 is 4.74 Å². The van der Waals surface area contributed by atoms with Crippen molar-refractivity contribution in [2.45, 2.75) is 13.0 Å². The minimum Gasteiger partial charge on any atom is -0.496 e. The van der Waals surface area contributed by atoms with Crippen LogP contribution in [0.4, 0.5) is 0 Å². The summed E-state index contributed by atoms with van der Waals surface area (Å²) in [7, 11) is 1.64.